The summed E-state index contributed by atoms with van der Waals surface area (Å²) in [5.41, 5.74) is 5.28. The van der Waals surface area contributed by atoms with E-state index in [2.05, 4.69) is 34.0 Å². The van der Waals surface area contributed by atoms with Crippen LogP contribution < -0.4 is 0 Å². The van der Waals surface area contributed by atoms with Crippen LogP contribution in [0.15, 0.2) is 67.0 Å². The first-order chi connectivity index (χ1) is 15.6. The summed E-state index contributed by atoms with van der Waals surface area (Å²) in [6.07, 6.45) is 3.34. The fourth-order valence-electron chi connectivity index (χ4n) is 4.11. The van der Waals surface area contributed by atoms with Crippen LogP contribution in [0, 0.1) is 12.7 Å². The SMILES string of the molecule is Cc1ccc(-c2ccnc3c(C(=O)N4CCN(Cc5ccc(F)cc5)CC4)cnn23)cc1. The zero-order chi connectivity index (χ0) is 22.1. The van der Waals surface area contributed by atoms with Crippen LogP contribution >= 0.6 is 0 Å². The number of carbonyl (C=O) groups excluding carboxylic acids is 1. The van der Waals surface area contributed by atoms with Crippen molar-refractivity contribution < 1.29 is 9.18 Å². The maximum Gasteiger partial charge on any atom is 0.259 e. The Labute approximate surface area is 185 Å². The molecule has 0 radical (unpaired) electrons. The molecule has 6 nitrogen and oxygen atoms in total. The average molecular weight is 429 g/mol. The van der Waals surface area contributed by atoms with E-state index < -0.39 is 0 Å². The Hall–Kier alpha value is -3.58. The van der Waals surface area contributed by atoms with Gasteiger partial charge in [-0.05, 0) is 30.7 Å². The summed E-state index contributed by atoms with van der Waals surface area (Å²) in [5, 5.41) is 4.48. The number of aromatic nitrogens is 3. The first-order valence-electron chi connectivity index (χ1n) is 10.7. The van der Waals surface area contributed by atoms with E-state index in [1.807, 2.05) is 35.2 Å². The van der Waals surface area contributed by atoms with Crippen molar-refractivity contribution in [1.29, 1.82) is 0 Å². The number of hydrogen-bond acceptors (Lipinski definition) is 4. The first-order valence-corrected chi connectivity index (χ1v) is 10.7. The molecule has 2 aromatic carbocycles. The summed E-state index contributed by atoms with van der Waals surface area (Å²) >= 11 is 0. The molecule has 1 aliphatic heterocycles. The van der Waals surface area contributed by atoms with Gasteiger partial charge in [-0.3, -0.25) is 9.69 Å². The number of aryl methyl sites for hydroxylation is 1. The molecule has 2 aromatic heterocycles. The summed E-state index contributed by atoms with van der Waals surface area (Å²) < 4.78 is 14.9. The van der Waals surface area contributed by atoms with Gasteiger partial charge in [0.25, 0.3) is 5.91 Å². The van der Waals surface area contributed by atoms with Crippen molar-refractivity contribution in [1.82, 2.24) is 24.4 Å². The number of amides is 1. The van der Waals surface area contributed by atoms with E-state index in [-0.39, 0.29) is 11.7 Å². The molecule has 4 aromatic rings. The van der Waals surface area contributed by atoms with Crippen molar-refractivity contribution in [2.24, 2.45) is 0 Å². The molecular formula is C25H24FN5O. The molecule has 0 unspecified atom stereocenters. The second-order valence-corrected chi connectivity index (χ2v) is 8.18. The third-order valence-electron chi connectivity index (χ3n) is 5.96. The van der Waals surface area contributed by atoms with Crippen LogP contribution in [0.5, 0.6) is 0 Å². The molecule has 162 valence electrons. The van der Waals surface area contributed by atoms with Crippen molar-refractivity contribution in [3.63, 3.8) is 0 Å². The standard InChI is InChI=1S/C25H24FN5O/c1-18-2-6-20(7-3-18)23-10-11-27-24-22(16-28-31(23)24)25(32)30-14-12-29(13-15-30)17-19-4-8-21(26)9-5-19/h2-11,16H,12-15,17H2,1H3. The fourth-order valence-corrected chi connectivity index (χ4v) is 4.11. The number of rotatable bonds is 4. The highest BCUT2D eigenvalue weighted by atomic mass is 19.1. The van der Waals surface area contributed by atoms with E-state index in [1.54, 1.807) is 16.9 Å². The molecule has 1 saturated heterocycles. The Bertz CT molecular complexity index is 1240. The lowest BCUT2D eigenvalue weighted by atomic mass is 10.1. The van der Waals surface area contributed by atoms with Gasteiger partial charge < -0.3 is 4.90 Å². The second kappa shape index (κ2) is 8.51. The lowest BCUT2D eigenvalue weighted by Crippen LogP contribution is -2.48. The lowest BCUT2D eigenvalue weighted by Gasteiger charge is -2.34. The Morgan fingerprint density at radius 2 is 1.69 bits per heavy atom. The molecular weight excluding hydrogens is 405 g/mol. The predicted octanol–water partition coefficient (Wildman–Crippen LogP) is 3.80. The Morgan fingerprint density at radius 3 is 2.41 bits per heavy atom. The third-order valence-corrected chi connectivity index (χ3v) is 5.96. The average Bonchev–Trinajstić information content (AvgIpc) is 3.26. The highest BCUT2D eigenvalue weighted by molar-refractivity contribution is 6.00. The number of nitrogens with zero attached hydrogens (tertiary/aromatic N) is 5. The second-order valence-electron chi connectivity index (χ2n) is 8.18. The van der Waals surface area contributed by atoms with E-state index in [0.29, 0.717) is 24.3 Å². The number of halogens is 1. The minimum Gasteiger partial charge on any atom is -0.336 e. The number of piperazine rings is 1. The number of carbonyl (C=O) groups is 1. The van der Waals surface area contributed by atoms with E-state index in [1.165, 1.54) is 17.7 Å². The zero-order valence-electron chi connectivity index (χ0n) is 17.9. The molecule has 0 spiro atoms. The van der Waals surface area contributed by atoms with Gasteiger partial charge in [-0.2, -0.15) is 5.10 Å². The van der Waals surface area contributed by atoms with Crippen LogP contribution in [0.4, 0.5) is 4.39 Å². The summed E-state index contributed by atoms with van der Waals surface area (Å²) in [7, 11) is 0. The van der Waals surface area contributed by atoms with E-state index in [9.17, 15) is 9.18 Å². The maximum absolute atomic E-state index is 13.2. The zero-order valence-corrected chi connectivity index (χ0v) is 17.9. The topological polar surface area (TPSA) is 53.7 Å². The van der Waals surface area contributed by atoms with E-state index in [4.69, 9.17) is 0 Å². The van der Waals surface area contributed by atoms with Crippen LogP contribution in [0.2, 0.25) is 0 Å². The summed E-state index contributed by atoms with van der Waals surface area (Å²) in [4.78, 5) is 21.8. The Kier molecular flexibility index (Phi) is 5.41. The van der Waals surface area contributed by atoms with Gasteiger partial charge in [0.05, 0.1) is 11.9 Å². The highest BCUT2D eigenvalue weighted by Crippen LogP contribution is 2.22. The van der Waals surface area contributed by atoms with E-state index >= 15 is 0 Å². The lowest BCUT2D eigenvalue weighted by molar-refractivity contribution is 0.0630. The van der Waals surface area contributed by atoms with Gasteiger partial charge in [0, 0.05) is 44.5 Å². The van der Waals surface area contributed by atoms with Gasteiger partial charge in [-0.15, -0.1) is 0 Å². The van der Waals surface area contributed by atoms with Gasteiger partial charge >= 0.3 is 0 Å². The molecule has 0 saturated carbocycles. The molecule has 0 aliphatic carbocycles. The van der Waals surface area contributed by atoms with Crippen molar-refractivity contribution in [2.75, 3.05) is 26.2 Å². The highest BCUT2D eigenvalue weighted by Gasteiger charge is 2.25. The third kappa shape index (κ3) is 3.99. The molecule has 0 bridgehead atoms. The molecule has 1 amide bonds. The largest absolute Gasteiger partial charge is 0.336 e. The molecule has 1 fully saturated rings. The predicted molar refractivity (Wildman–Crippen MR) is 121 cm³/mol. The van der Waals surface area contributed by atoms with E-state index in [0.717, 1.165) is 36.5 Å². The molecule has 32 heavy (non-hydrogen) atoms. The van der Waals surface area contributed by atoms with Crippen LogP contribution in [-0.2, 0) is 6.54 Å². The molecule has 7 heteroatoms. The van der Waals surface area contributed by atoms with Crippen molar-refractivity contribution in [3.8, 4) is 11.3 Å². The van der Waals surface area contributed by atoms with Crippen LogP contribution in [0.1, 0.15) is 21.5 Å². The van der Waals surface area contributed by atoms with Crippen LogP contribution in [-0.4, -0.2) is 56.5 Å². The van der Waals surface area contributed by atoms with Gasteiger partial charge in [0.15, 0.2) is 5.65 Å². The Morgan fingerprint density at radius 1 is 0.969 bits per heavy atom. The Balaban J connectivity index is 1.31. The molecule has 0 N–H and O–H groups in total. The fraction of sp³-hybridized carbons (Fsp3) is 0.240. The minimum absolute atomic E-state index is 0.0463. The normalized spacial score (nSPS) is 14.8. The quantitative estimate of drug-likeness (QED) is 0.495. The molecule has 1 aliphatic rings. The smallest absolute Gasteiger partial charge is 0.259 e. The van der Waals surface area contributed by atoms with Crippen LogP contribution in [0.25, 0.3) is 16.9 Å². The van der Waals surface area contributed by atoms with Crippen LogP contribution in [0.3, 0.4) is 0 Å². The summed E-state index contributed by atoms with van der Waals surface area (Å²) in [6.45, 7) is 5.61. The van der Waals surface area contributed by atoms with Gasteiger partial charge in [-0.1, -0.05) is 42.0 Å². The van der Waals surface area contributed by atoms with Crippen molar-refractivity contribution >= 4 is 11.6 Å². The van der Waals surface area contributed by atoms with Gasteiger partial charge in [0.2, 0.25) is 0 Å². The summed E-state index contributed by atoms with van der Waals surface area (Å²) in [6, 6.07) is 16.7. The molecule has 3 heterocycles. The van der Waals surface area contributed by atoms with Gasteiger partial charge in [-0.25, -0.2) is 13.9 Å². The number of hydrogen-bond donors (Lipinski definition) is 0. The number of fused-ring (bicyclic) bond motifs is 1. The van der Waals surface area contributed by atoms with Crippen molar-refractivity contribution in [3.05, 3.63) is 89.5 Å². The monoisotopic (exact) mass is 429 g/mol. The first kappa shape index (κ1) is 20.3. The summed E-state index contributed by atoms with van der Waals surface area (Å²) in [5.74, 6) is -0.272. The van der Waals surface area contributed by atoms with Gasteiger partial charge in [0.1, 0.15) is 11.4 Å². The molecule has 0 atom stereocenters. The maximum atomic E-state index is 13.2. The molecule has 5 rings (SSSR count). The van der Waals surface area contributed by atoms with Crippen molar-refractivity contribution in [2.45, 2.75) is 13.5 Å². The minimum atomic E-state index is -0.225. The number of benzene rings is 2.